The van der Waals surface area contributed by atoms with Crippen molar-refractivity contribution in [1.82, 2.24) is 4.90 Å². The molecule has 0 spiro atoms. The van der Waals surface area contributed by atoms with E-state index in [0.717, 1.165) is 18.5 Å². The predicted octanol–water partition coefficient (Wildman–Crippen LogP) is 4.13. The first kappa shape index (κ1) is 15.3. The normalized spacial score (nSPS) is 13.8. The van der Waals surface area contributed by atoms with Crippen LogP contribution < -0.4 is 0 Å². The number of hydrogen-bond donors (Lipinski definition) is 0. The Morgan fingerprint density at radius 1 is 1.19 bits per heavy atom. The highest BCUT2D eigenvalue weighted by Gasteiger charge is 2.32. The van der Waals surface area contributed by atoms with Crippen LogP contribution >= 0.6 is 0 Å². The van der Waals surface area contributed by atoms with Gasteiger partial charge in [0.25, 0.3) is 0 Å². The molecule has 21 heavy (non-hydrogen) atoms. The minimum Gasteiger partial charge on any atom is -0.309 e. The highest BCUT2D eigenvalue weighted by Crippen LogP contribution is 2.36. The van der Waals surface area contributed by atoms with Gasteiger partial charge in [0.15, 0.2) is 0 Å². The molecule has 2 nitrogen and oxygen atoms in total. The molecule has 0 fully saturated rings. The van der Waals surface area contributed by atoms with Gasteiger partial charge in [-0.1, -0.05) is 48.5 Å². The number of rotatable bonds is 6. The number of allylic oxidation sites excluding steroid dienone is 1. The SMILES string of the molecule is C=CCC(C#N)(CCN(C)C)c1cccc2ccccc12. The molecular formula is C19H22N2. The molecule has 0 bridgehead atoms. The lowest BCUT2D eigenvalue weighted by molar-refractivity contribution is 0.354. The van der Waals surface area contributed by atoms with Gasteiger partial charge in [0.1, 0.15) is 0 Å². The second kappa shape index (κ2) is 6.56. The molecule has 0 saturated heterocycles. The summed E-state index contributed by atoms with van der Waals surface area (Å²) in [6.07, 6.45) is 3.34. The van der Waals surface area contributed by atoms with Gasteiger partial charge in [0.2, 0.25) is 0 Å². The molecule has 2 aromatic rings. The fourth-order valence-electron chi connectivity index (χ4n) is 2.81. The van der Waals surface area contributed by atoms with Gasteiger partial charge in [-0.05, 0) is 49.8 Å². The summed E-state index contributed by atoms with van der Waals surface area (Å²) in [5, 5.41) is 12.3. The topological polar surface area (TPSA) is 27.0 Å². The lowest BCUT2D eigenvalue weighted by Crippen LogP contribution is -2.29. The summed E-state index contributed by atoms with van der Waals surface area (Å²) in [6.45, 7) is 4.74. The standard InChI is InChI=1S/C19H22N2/c1-4-12-19(15-20,13-14-21(2)3)18-11-7-9-16-8-5-6-10-17(16)18/h4-11H,1,12-14H2,2-3H3. The van der Waals surface area contributed by atoms with Gasteiger partial charge in [-0.25, -0.2) is 0 Å². The van der Waals surface area contributed by atoms with Crippen LogP contribution in [0.5, 0.6) is 0 Å². The highest BCUT2D eigenvalue weighted by atomic mass is 15.0. The van der Waals surface area contributed by atoms with E-state index in [-0.39, 0.29) is 0 Å². The fourth-order valence-corrected chi connectivity index (χ4v) is 2.81. The summed E-state index contributed by atoms with van der Waals surface area (Å²) in [6, 6.07) is 17.1. The molecule has 2 rings (SSSR count). The van der Waals surface area contributed by atoms with E-state index < -0.39 is 5.41 Å². The lowest BCUT2D eigenvalue weighted by Gasteiger charge is -2.28. The third kappa shape index (κ3) is 3.15. The smallest absolute Gasteiger partial charge is 0.0874 e. The maximum absolute atomic E-state index is 9.92. The first-order valence-corrected chi connectivity index (χ1v) is 7.28. The summed E-state index contributed by atoms with van der Waals surface area (Å²) in [5.41, 5.74) is 0.609. The Balaban J connectivity index is 2.58. The van der Waals surface area contributed by atoms with Crippen molar-refractivity contribution in [3.05, 3.63) is 60.7 Å². The fraction of sp³-hybridized carbons (Fsp3) is 0.316. The second-order valence-corrected chi connectivity index (χ2v) is 5.77. The van der Waals surface area contributed by atoms with Gasteiger partial charge >= 0.3 is 0 Å². The number of nitriles is 1. The third-order valence-corrected chi connectivity index (χ3v) is 4.00. The lowest BCUT2D eigenvalue weighted by atomic mass is 9.74. The van der Waals surface area contributed by atoms with E-state index in [4.69, 9.17) is 0 Å². The maximum atomic E-state index is 9.92. The van der Waals surface area contributed by atoms with Crippen molar-refractivity contribution in [2.45, 2.75) is 18.3 Å². The first-order valence-electron chi connectivity index (χ1n) is 7.28. The Kier molecular flexibility index (Phi) is 4.77. The molecule has 0 N–H and O–H groups in total. The number of hydrogen-bond acceptors (Lipinski definition) is 2. The zero-order valence-corrected chi connectivity index (χ0v) is 12.8. The molecule has 0 aromatic heterocycles. The Morgan fingerprint density at radius 2 is 1.90 bits per heavy atom. The van der Waals surface area contributed by atoms with Gasteiger partial charge in [0, 0.05) is 0 Å². The molecule has 108 valence electrons. The van der Waals surface area contributed by atoms with E-state index in [2.05, 4.69) is 41.8 Å². The van der Waals surface area contributed by atoms with Crippen molar-refractivity contribution in [1.29, 1.82) is 5.26 Å². The van der Waals surface area contributed by atoms with Crippen LogP contribution in [-0.4, -0.2) is 25.5 Å². The van der Waals surface area contributed by atoms with Gasteiger partial charge in [-0.3, -0.25) is 0 Å². The van der Waals surface area contributed by atoms with Crippen LogP contribution in [0.1, 0.15) is 18.4 Å². The average Bonchev–Trinajstić information content (AvgIpc) is 2.51. The number of nitrogens with zero attached hydrogens (tertiary/aromatic N) is 2. The summed E-state index contributed by atoms with van der Waals surface area (Å²) >= 11 is 0. The average molecular weight is 278 g/mol. The molecule has 2 aromatic carbocycles. The molecular weight excluding hydrogens is 256 g/mol. The zero-order chi connectivity index (χ0) is 15.3. The van der Waals surface area contributed by atoms with E-state index in [1.807, 2.05) is 38.4 Å². The van der Waals surface area contributed by atoms with E-state index in [9.17, 15) is 5.26 Å². The van der Waals surface area contributed by atoms with Crippen molar-refractivity contribution in [2.24, 2.45) is 0 Å². The van der Waals surface area contributed by atoms with E-state index in [0.29, 0.717) is 6.42 Å². The summed E-state index contributed by atoms with van der Waals surface area (Å²) < 4.78 is 0. The minimum absolute atomic E-state index is 0.507. The Labute approximate surface area is 127 Å². The number of benzene rings is 2. The van der Waals surface area contributed by atoms with Crippen molar-refractivity contribution in [3.63, 3.8) is 0 Å². The number of fused-ring (bicyclic) bond motifs is 1. The van der Waals surface area contributed by atoms with Gasteiger partial charge in [-0.15, -0.1) is 6.58 Å². The molecule has 2 heteroatoms. The zero-order valence-electron chi connectivity index (χ0n) is 12.8. The molecule has 1 atom stereocenters. The van der Waals surface area contributed by atoms with E-state index in [1.54, 1.807) is 0 Å². The van der Waals surface area contributed by atoms with E-state index >= 15 is 0 Å². The summed E-state index contributed by atoms with van der Waals surface area (Å²) in [7, 11) is 4.08. The van der Waals surface area contributed by atoms with Gasteiger partial charge < -0.3 is 4.90 Å². The third-order valence-electron chi connectivity index (χ3n) is 4.00. The van der Waals surface area contributed by atoms with Crippen LogP contribution in [0.2, 0.25) is 0 Å². The van der Waals surface area contributed by atoms with Crippen molar-refractivity contribution in [2.75, 3.05) is 20.6 Å². The Morgan fingerprint density at radius 3 is 2.57 bits per heavy atom. The molecule has 0 saturated carbocycles. The highest BCUT2D eigenvalue weighted by molar-refractivity contribution is 5.87. The summed E-state index contributed by atoms with van der Waals surface area (Å²) in [4.78, 5) is 2.13. The molecule has 1 unspecified atom stereocenters. The molecule has 0 radical (unpaired) electrons. The van der Waals surface area contributed by atoms with Crippen LogP contribution in [0.25, 0.3) is 10.8 Å². The van der Waals surface area contributed by atoms with E-state index in [1.165, 1.54) is 10.8 Å². The quantitative estimate of drug-likeness (QED) is 0.743. The van der Waals surface area contributed by atoms with Crippen LogP contribution in [0.3, 0.4) is 0 Å². The second-order valence-electron chi connectivity index (χ2n) is 5.77. The first-order chi connectivity index (χ1) is 10.1. The molecule has 0 aliphatic carbocycles. The molecule has 0 aliphatic rings. The van der Waals surface area contributed by atoms with Crippen LogP contribution in [0.4, 0.5) is 0 Å². The van der Waals surface area contributed by atoms with Crippen molar-refractivity contribution in [3.8, 4) is 6.07 Å². The van der Waals surface area contributed by atoms with Crippen molar-refractivity contribution < 1.29 is 0 Å². The van der Waals surface area contributed by atoms with Crippen LogP contribution in [0.15, 0.2) is 55.1 Å². The molecule has 0 heterocycles. The van der Waals surface area contributed by atoms with Gasteiger partial charge in [-0.2, -0.15) is 5.26 Å². The van der Waals surface area contributed by atoms with Crippen LogP contribution in [0, 0.1) is 11.3 Å². The summed E-state index contributed by atoms with van der Waals surface area (Å²) in [5.74, 6) is 0. The van der Waals surface area contributed by atoms with Crippen LogP contribution in [-0.2, 0) is 5.41 Å². The monoisotopic (exact) mass is 278 g/mol. The largest absolute Gasteiger partial charge is 0.309 e. The Hall–Kier alpha value is -2.11. The molecule has 0 aliphatic heterocycles. The minimum atomic E-state index is -0.507. The maximum Gasteiger partial charge on any atom is 0.0874 e. The molecule has 0 amide bonds. The van der Waals surface area contributed by atoms with Crippen molar-refractivity contribution >= 4 is 10.8 Å². The predicted molar refractivity (Wildman–Crippen MR) is 89.2 cm³/mol. The Bertz CT molecular complexity index is 661. The van der Waals surface area contributed by atoms with Gasteiger partial charge in [0.05, 0.1) is 11.5 Å².